The number of hydrogen-bond donors (Lipinski definition) is 3. The molecule has 0 saturated carbocycles. The second-order valence-corrected chi connectivity index (χ2v) is 12.4. The Labute approximate surface area is 288 Å². The smallest absolute Gasteiger partial charge is 0.271 e. The van der Waals surface area contributed by atoms with Crippen LogP contribution in [-0.2, 0) is 16.0 Å². The fourth-order valence-electron chi connectivity index (χ4n) is 6.46. The molecule has 7 rings (SSSR count). The summed E-state index contributed by atoms with van der Waals surface area (Å²) in [5, 5.41) is 5.71. The van der Waals surface area contributed by atoms with Crippen molar-refractivity contribution in [2.24, 2.45) is 0 Å². The first-order valence-electron chi connectivity index (χ1n) is 16.6. The van der Waals surface area contributed by atoms with Gasteiger partial charge >= 0.3 is 0 Å². The average Bonchev–Trinajstić information content (AvgIpc) is 3.58. The Kier molecular flexibility index (Phi) is 9.09. The molecule has 50 heavy (non-hydrogen) atoms. The standard InChI is InChI=1S/C36H38N10O4/c1-22-3-4-27-17-26(9-10-31(27)46(22)23(2)47)24-5-7-25(8-6-24)34(48)38-11-12-39-35(49)30-21-45-20-29(28-18-40-36(37)41-19-28)42-32(33(45)43-30)44-13-15-50-16-14-44/h5-10,17-22H,3-4,11-16H2,1-2H3,(H,38,48)(H,39,49)(H2,37,40,41)/t22-/m0/s1. The lowest BCUT2D eigenvalue weighted by atomic mass is 9.93. The van der Waals surface area contributed by atoms with E-state index in [0.29, 0.717) is 54.6 Å². The van der Waals surface area contributed by atoms with Crippen LogP contribution >= 0.6 is 0 Å². The van der Waals surface area contributed by atoms with E-state index in [1.165, 1.54) is 0 Å². The minimum atomic E-state index is -0.372. The van der Waals surface area contributed by atoms with E-state index in [1.807, 2.05) is 29.2 Å². The number of rotatable bonds is 8. The Bertz CT molecular complexity index is 2060. The number of nitrogen functional groups attached to an aromatic ring is 1. The number of carbonyl (C=O) groups is 3. The van der Waals surface area contributed by atoms with Gasteiger partial charge < -0.3 is 35.3 Å². The van der Waals surface area contributed by atoms with Gasteiger partial charge in [0.1, 0.15) is 5.69 Å². The normalized spacial score (nSPS) is 15.8. The van der Waals surface area contributed by atoms with Gasteiger partial charge in [0.2, 0.25) is 11.9 Å². The van der Waals surface area contributed by atoms with Crippen LogP contribution < -0.4 is 26.2 Å². The Morgan fingerprint density at radius 3 is 2.32 bits per heavy atom. The quantitative estimate of drug-likeness (QED) is 0.208. The molecule has 256 valence electrons. The zero-order valence-electron chi connectivity index (χ0n) is 27.9. The van der Waals surface area contributed by atoms with Gasteiger partial charge in [0, 0.05) is 80.7 Å². The first-order valence-corrected chi connectivity index (χ1v) is 16.6. The lowest BCUT2D eigenvalue weighted by Gasteiger charge is -2.34. The van der Waals surface area contributed by atoms with Gasteiger partial charge in [0.05, 0.1) is 18.9 Å². The van der Waals surface area contributed by atoms with Crippen molar-refractivity contribution >= 4 is 40.8 Å². The van der Waals surface area contributed by atoms with E-state index in [0.717, 1.165) is 35.2 Å². The molecule has 1 fully saturated rings. The highest BCUT2D eigenvalue weighted by Gasteiger charge is 2.26. The fourth-order valence-corrected chi connectivity index (χ4v) is 6.46. The van der Waals surface area contributed by atoms with E-state index in [9.17, 15) is 14.4 Å². The molecular formula is C36H38N10O4. The minimum absolute atomic E-state index is 0.0488. The summed E-state index contributed by atoms with van der Waals surface area (Å²) in [6, 6.07) is 13.7. The van der Waals surface area contributed by atoms with Crippen LogP contribution in [0.1, 0.15) is 46.7 Å². The van der Waals surface area contributed by atoms with Gasteiger partial charge in [-0.2, -0.15) is 0 Å². The third-order valence-electron chi connectivity index (χ3n) is 9.06. The molecule has 0 bridgehead atoms. The number of ether oxygens (including phenoxy) is 1. The monoisotopic (exact) mass is 674 g/mol. The Balaban J connectivity index is 0.977. The summed E-state index contributed by atoms with van der Waals surface area (Å²) in [7, 11) is 0. The molecule has 3 amide bonds. The molecule has 0 aliphatic carbocycles. The third-order valence-corrected chi connectivity index (χ3v) is 9.06. The van der Waals surface area contributed by atoms with Crippen molar-refractivity contribution in [2.45, 2.75) is 32.7 Å². The summed E-state index contributed by atoms with van der Waals surface area (Å²) in [5.41, 5.74) is 12.4. The maximum absolute atomic E-state index is 13.1. The number of amides is 3. The van der Waals surface area contributed by atoms with Crippen molar-refractivity contribution in [2.75, 3.05) is 54.9 Å². The second-order valence-electron chi connectivity index (χ2n) is 12.4. The number of aryl methyl sites for hydroxylation is 1. The van der Waals surface area contributed by atoms with Crippen molar-refractivity contribution in [3.8, 4) is 22.4 Å². The molecule has 2 aromatic carbocycles. The van der Waals surface area contributed by atoms with Gasteiger partial charge in [-0.05, 0) is 60.7 Å². The molecule has 0 radical (unpaired) electrons. The SMILES string of the molecule is CC(=O)N1c2ccc(-c3ccc(C(=O)NCCNC(=O)c4cn5cc(-c6cnc(N)nc6)nc(N6CCOCC6)c5n4)cc3)cc2CC[C@@H]1C. The van der Waals surface area contributed by atoms with Crippen LogP contribution in [0.5, 0.6) is 0 Å². The number of fused-ring (bicyclic) bond motifs is 2. The van der Waals surface area contributed by atoms with Gasteiger partial charge in [0.15, 0.2) is 11.5 Å². The fraction of sp³-hybridized carbons (Fsp3) is 0.306. The first kappa shape index (κ1) is 32.6. The molecule has 0 unspecified atom stereocenters. The highest BCUT2D eigenvalue weighted by Crippen LogP contribution is 2.34. The van der Waals surface area contributed by atoms with Crippen LogP contribution in [0.15, 0.2) is 67.3 Å². The van der Waals surface area contributed by atoms with E-state index < -0.39 is 0 Å². The maximum Gasteiger partial charge on any atom is 0.271 e. The van der Waals surface area contributed by atoms with E-state index >= 15 is 0 Å². The third kappa shape index (κ3) is 6.69. The Hall–Kier alpha value is -5.89. The molecule has 2 aliphatic rings. The number of nitrogens with one attached hydrogen (secondary N) is 2. The Morgan fingerprint density at radius 1 is 0.900 bits per heavy atom. The van der Waals surface area contributed by atoms with Crippen LogP contribution in [0, 0.1) is 0 Å². The molecule has 3 aromatic heterocycles. The summed E-state index contributed by atoms with van der Waals surface area (Å²) in [5.74, 6) is 0.229. The van der Waals surface area contributed by atoms with Crippen molar-refractivity contribution in [3.05, 3.63) is 84.1 Å². The van der Waals surface area contributed by atoms with E-state index in [4.69, 9.17) is 15.5 Å². The topological polar surface area (TPSA) is 173 Å². The number of benzene rings is 2. The summed E-state index contributed by atoms with van der Waals surface area (Å²) in [6.45, 7) is 6.51. The van der Waals surface area contributed by atoms with Crippen LogP contribution in [0.4, 0.5) is 17.5 Å². The number of hydrogen-bond acceptors (Lipinski definition) is 10. The number of morpholine rings is 1. The highest BCUT2D eigenvalue weighted by atomic mass is 16.5. The van der Waals surface area contributed by atoms with Gasteiger partial charge in [-0.3, -0.25) is 14.4 Å². The van der Waals surface area contributed by atoms with Crippen LogP contribution in [-0.4, -0.2) is 87.5 Å². The molecule has 1 saturated heterocycles. The number of nitrogens with zero attached hydrogens (tertiary/aromatic N) is 7. The summed E-state index contributed by atoms with van der Waals surface area (Å²) in [4.78, 5) is 59.8. The number of imidazole rings is 1. The number of nitrogens with two attached hydrogens (primary N) is 1. The molecule has 14 nitrogen and oxygen atoms in total. The van der Waals surface area contributed by atoms with Crippen molar-refractivity contribution < 1.29 is 19.1 Å². The average molecular weight is 675 g/mol. The van der Waals surface area contributed by atoms with Gasteiger partial charge in [0.25, 0.3) is 11.8 Å². The minimum Gasteiger partial charge on any atom is -0.378 e. The predicted molar refractivity (Wildman–Crippen MR) is 189 cm³/mol. The maximum atomic E-state index is 13.1. The van der Waals surface area contributed by atoms with Crippen molar-refractivity contribution in [3.63, 3.8) is 0 Å². The van der Waals surface area contributed by atoms with Gasteiger partial charge in [-0.25, -0.2) is 19.9 Å². The van der Waals surface area contributed by atoms with Crippen LogP contribution in [0.25, 0.3) is 28.0 Å². The lowest BCUT2D eigenvalue weighted by molar-refractivity contribution is -0.117. The highest BCUT2D eigenvalue weighted by molar-refractivity contribution is 5.96. The molecule has 5 aromatic rings. The summed E-state index contributed by atoms with van der Waals surface area (Å²) < 4.78 is 7.30. The van der Waals surface area contributed by atoms with Crippen molar-refractivity contribution in [1.29, 1.82) is 0 Å². The second kappa shape index (κ2) is 13.9. The number of carbonyl (C=O) groups excluding carboxylic acids is 3. The van der Waals surface area contributed by atoms with Gasteiger partial charge in [-0.15, -0.1) is 0 Å². The van der Waals surface area contributed by atoms with E-state index in [1.54, 1.807) is 48.2 Å². The largest absolute Gasteiger partial charge is 0.378 e. The van der Waals surface area contributed by atoms with E-state index in [-0.39, 0.29) is 48.5 Å². The Morgan fingerprint density at radius 2 is 1.60 bits per heavy atom. The summed E-state index contributed by atoms with van der Waals surface area (Å²) in [6.07, 6.45) is 8.47. The zero-order chi connectivity index (χ0) is 34.8. The number of aromatic nitrogens is 5. The summed E-state index contributed by atoms with van der Waals surface area (Å²) >= 11 is 0. The molecule has 2 aliphatic heterocycles. The molecule has 0 spiro atoms. The molecule has 5 heterocycles. The van der Waals surface area contributed by atoms with E-state index in [2.05, 4.69) is 43.5 Å². The predicted octanol–water partition coefficient (Wildman–Crippen LogP) is 3.12. The molecular weight excluding hydrogens is 636 g/mol. The van der Waals surface area contributed by atoms with Crippen LogP contribution in [0.2, 0.25) is 0 Å². The van der Waals surface area contributed by atoms with Crippen LogP contribution in [0.3, 0.4) is 0 Å². The molecule has 14 heteroatoms. The van der Waals surface area contributed by atoms with Crippen molar-refractivity contribution in [1.82, 2.24) is 35.0 Å². The molecule has 1 atom stereocenters. The lowest BCUT2D eigenvalue weighted by Crippen LogP contribution is -2.40. The molecule has 4 N–H and O–H groups in total. The zero-order valence-corrected chi connectivity index (χ0v) is 27.9. The number of anilines is 3. The van der Waals surface area contributed by atoms with Gasteiger partial charge in [-0.1, -0.05) is 18.2 Å². The first-order chi connectivity index (χ1) is 24.2.